The SMILES string of the molecule is CN1CCC(CN)C1.Cc1cc(-c2ncn(/C=C\C(=O)NCC3CCN(C)C3)n2)cc(C(F)(F)F)c1.Cc1cc(C)cc(-c2ncn(/C=C\C(=O)O)n2)c1. The first-order valence-corrected chi connectivity index (χ1v) is 17.6. The largest absolute Gasteiger partial charge is 0.478 e. The molecule has 2 aromatic heterocycles. The third-order valence-corrected chi connectivity index (χ3v) is 8.78. The molecule has 2 atom stereocenters. The summed E-state index contributed by atoms with van der Waals surface area (Å²) in [5.74, 6) is 0.703. The highest BCUT2D eigenvalue weighted by molar-refractivity contribution is 5.90. The number of carbonyl (C=O) groups excluding carboxylic acids is 1. The Hall–Kier alpha value is -5.19. The Kier molecular flexibility index (Phi) is 14.8. The minimum absolute atomic E-state index is 0.160. The van der Waals surface area contributed by atoms with E-state index in [1.807, 2.05) is 26.0 Å². The molecule has 13 nitrogen and oxygen atoms in total. The van der Waals surface area contributed by atoms with Gasteiger partial charge in [-0.05, 0) is 115 Å². The van der Waals surface area contributed by atoms with Crippen molar-refractivity contribution >= 4 is 24.3 Å². The van der Waals surface area contributed by atoms with Gasteiger partial charge in [-0.25, -0.2) is 24.1 Å². The average Bonchev–Trinajstić information content (AvgIpc) is 3.93. The molecule has 0 saturated carbocycles. The van der Waals surface area contributed by atoms with Crippen LogP contribution in [0.25, 0.3) is 35.2 Å². The quantitative estimate of drug-likeness (QED) is 0.202. The molecule has 2 aliphatic heterocycles. The molecule has 4 aromatic rings. The van der Waals surface area contributed by atoms with E-state index in [0.29, 0.717) is 23.9 Å². The zero-order valence-electron chi connectivity index (χ0n) is 31.3. The monoisotopic (exact) mass is 750 g/mol. The van der Waals surface area contributed by atoms with Gasteiger partial charge in [-0.15, -0.1) is 10.2 Å². The molecule has 2 saturated heterocycles. The number of nitrogens with two attached hydrogens (primary N) is 1. The second kappa shape index (κ2) is 19.2. The standard InChI is InChI=1S/C19H22F3N5O.C13H13N3O2.C6H14N2/c1-13-7-15(9-16(8-13)19(20,21)22)18-24-12-27(25-18)6-4-17(28)23-10-14-3-5-26(2)11-14;1-9-5-10(2)7-11(6-9)13-14-8-16(15-13)4-3-12(17)18;1-8-3-2-6(4-7)5-8/h4,6-9,12,14H,3,5,10-11H2,1-2H3,(H,23,28);3-8H,1-2H3,(H,17,18);6H,2-5,7H2,1H3/b6-4-;4-3-;. The number of likely N-dealkylation sites (tertiary alicyclic amines) is 2. The Morgan fingerprint density at radius 3 is 1.78 bits per heavy atom. The molecular weight excluding hydrogens is 701 g/mol. The summed E-state index contributed by atoms with van der Waals surface area (Å²) in [6.07, 6.45) is 5.86. The van der Waals surface area contributed by atoms with Crippen LogP contribution in [-0.4, -0.2) is 110 Å². The highest BCUT2D eigenvalue weighted by atomic mass is 19.4. The average molecular weight is 751 g/mol. The number of halogens is 3. The van der Waals surface area contributed by atoms with Crippen molar-refractivity contribution in [2.75, 3.05) is 53.4 Å². The van der Waals surface area contributed by atoms with Crippen LogP contribution < -0.4 is 11.1 Å². The number of nitrogens with zero attached hydrogens (tertiary/aromatic N) is 8. The third-order valence-electron chi connectivity index (χ3n) is 8.78. The van der Waals surface area contributed by atoms with Crippen molar-refractivity contribution in [2.24, 2.45) is 17.6 Å². The summed E-state index contributed by atoms with van der Waals surface area (Å²) in [5.41, 5.74) is 8.67. The fourth-order valence-corrected chi connectivity index (χ4v) is 6.14. The van der Waals surface area contributed by atoms with Crippen molar-refractivity contribution in [3.05, 3.63) is 83.5 Å². The van der Waals surface area contributed by atoms with Crippen molar-refractivity contribution in [1.82, 2.24) is 44.6 Å². The summed E-state index contributed by atoms with van der Waals surface area (Å²) in [4.78, 5) is 35.1. The van der Waals surface area contributed by atoms with Crippen LogP contribution in [0.2, 0.25) is 0 Å². The summed E-state index contributed by atoms with van der Waals surface area (Å²) >= 11 is 0. The zero-order valence-corrected chi connectivity index (χ0v) is 31.3. The molecule has 0 spiro atoms. The molecule has 1 amide bonds. The minimum atomic E-state index is -4.44. The van der Waals surface area contributed by atoms with Crippen LogP contribution in [0.4, 0.5) is 13.2 Å². The number of carbonyl (C=O) groups is 2. The number of aliphatic carboxylic acids is 1. The van der Waals surface area contributed by atoms with Crippen molar-refractivity contribution in [3.63, 3.8) is 0 Å². The Labute approximate surface area is 313 Å². The van der Waals surface area contributed by atoms with Gasteiger partial charge < -0.3 is 26.0 Å². The first-order chi connectivity index (χ1) is 25.6. The van der Waals surface area contributed by atoms with Gasteiger partial charge in [-0.1, -0.05) is 17.2 Å². The topological polar surface area (TPSA) is 160 Å². The molecule has 0 radical (unpaired) electrons. The number of aromatic nitrogens is 6. The van der Waals surface area contributed by atoms with Gasteiger partial charge >= 0.3 is 12.1 Å². The molecule has 2 unspecified atom stereocenters. The van der Waals surface area contributed by atoms with Crippen LogP contribution >= 0.6 is 0 Å². The molecule has 54 heavy (non-hydrogen) atoms. The summed E-state index contributed by atoms with van der Waals surface area (Å²) in [5, 5.41) is 19.7. The lowest BCUT2D eigenvalue weighted by molar-refractivity contribution is -0.137. The number of benzene rings is 2. The van der Waals surface area contributed by atoms with Crippen molar-refractivity contribution in [3.8, 4) is 22.8 Å². The molecule has 4 N–H and O–H groups in total. The fourth-order valence-electron chi connectivity index (χ4n) is 6.14. The Balaban J connectivity index is 0.000000212. The van der Waals surface area contributed by atoms with Gasteiger partial charge in [0.1, 0.15) is 12.7 Å². The number of amides is 1. The summed E-state index contributed by atoms with van der Waals surface area (Å²) in [6.45, 7) is 11.5. The maximum Gasteiger partial charge on any atom is 0.416 e. The van der Waals surface area contributed by atoms with Gasteiger partial charge in [0.15, 0.2) is 11.6 Å². The molecule has 6 rings (SSSR count). The summed E-state index contributed by atoms with van der Waals surface area (Å²) in [7, 11) is 4.20. The van der Waals surface area contributed by atoms with Crippen molar-refractivity contribution in [1.29, 1.82) is 0 Å². The van der Waals surface area contributed by atoms with Crippen LogP contribution in [0.5, 0.6) is 0 Å². The van der Waals surface area contributed by atoms with Gasteiger partial charge in [-0.2, -0.15) is 13.2 Å². The first kappa shape index (κ1) is 41.6. The Morgan fingerprint density at radius 2 is 1.31 bits per heavy atom. The number of alkyl halides is 3. The predicted octanol–water partition coefficient (Wildman–Crippen LogP) is 4.82. The molecule has 2 aromatic carbocycles. The van der Waals surface area contributed by atoms with E-state index in [1.165, 1.54) is 60.0 Å². The number of rotatable bonds is 9. The van der Waals surface area contributed by atoms with E-state index in [9.17, 15) is 22.8 Å². The highest BCUT2D eigenvalue weighted by Gasteiger charge is 2.31. The lowest BCUT2D eigenvalue weighted by atomic mass is 10.1. The number of hydrogen-bond acceptors (Lipinski definition) is 9. The maximum absolute atomic E-state index is 13.0. The predicted molar refractivity (Wildman–Crippen MR) is 202 cm³/mol. The van der Waals surface area contributed by atoms with Gasteiger partial charge in [-0.3, -0.25) is 4.79 Å². The smallest absolute Gasteiger partial charge is 0.416 e. The normalized spacial score (nSPS) is 17.7. The van der Waals surface area contributed by atoms with Crippen LogP contribution in [-0.2, 0) is 15.8 Å². The van der Waals surface area contributed by atoms with Crippen molar-refractivity contribution in [2.45, 2.75) is 39.8 Å². The van der Waals surface area contributed by atoms with E-state index in [4.69, 9.17) is 10.8 Å². The van der Waals surface area contributed by atoms with Gasteiger partial charge in [0, 0.05) is 55.3 Å². The number of nitrogens with one attached hydrogen (secondary N) is 1. The summed E-state index contributed by atoms with van der Waals surface area (Å²) < 4.78 is 41.6. The molecule has 0 aliphatic carbocycles. The van der Waals surface area contributed by atoms with Crippen LogP contribution in [0.3, 0.4) is 0 Å². The van der Waals surface area contributed by atoms with Crippen LogP contribution in [0.15, 0.2) is 61.2 Å². The number of hydrogen-bond donors (Lipinski definition) is 3. The van der Waals surface area contributed by atoms with E-state index in [0.717, 1.165) is 66.9 Å². The van der Waals surface area contributed by atoms with Crippen LogP contribution in [0, 0.1) is 32.6 Å². The zero-order chi connectivity index (χ0) is 39.4. The molecule has 0 bridgehead atoms. The Bertz CT molecular complexity index is 1900. The number of carboxylic acids is 1. The second-order valence-corrected chi connectivity index (χ2v) is 13.8. The van der Waals surface area contributed by atoms with Gasteiger partial charge in [0.25, 0.3) is 0 Å². The molecule has 2 aliphatic rings. The van der Waals surface area contributed by atoms with Crippen molar-refractivity contribution < 1.29 is 27.9 Å². The van der Waals surface area contributed by atoms with E-state index in [2.05, 4.69) is 55.4 Å². The number of aryl methyl sites for hydroxylation is 3. The number of carboxylic acid groups (broad SMARTS) is 1. The van der Waals surface area contributed by atoms with Crippen LogP contribution in [0.1, 0.15) is 35.1 Å². The highest BCUT2D eigenvalue weighted by Crippen LogP contribution is 2.32. The minimum Gasteiger partial charge on any atom is -0.478 e. The van der Waals surface area contributed by atoms with E-state index < -0.39 is 17.7 Å². The second-order valence-electron chi connectivity index (χ2n) is 13.8. The summed E-state index contributed by atoms with van der Waals surface area (Å²) in [6, 6.07) is 9.74. The molecule has 4 heterocycles. The fraction of sp³-hybridized carbons (Fsp3) is 0.421. The maximum atomic E-state index is 13.0. The lowest BCUT2D eigenvalue weighted by Gasteiger charge is -2.10. The first-order valence-electron chi connectivity index (χ1n) is 17.6. The molecule has 2 fully saturated rings. The third kappa shape index (κ3) is 13.3. The molecule has 290 valence electrons. The molecular formula is C38H49F3N10O3. The molecule has 16 heteroatoms. The Morgan fingerprint density at radius 1 is 0.815 bits per heavy atom. The van der Waals surface area contributed by atoms with Gasteiger partial charge in [0.05, 0.1) is 5.56 Å². The van der Waals surface area contributed by atoms with E-state index >= 15 is 0 Å². The van der Waals surface area contributed by atoms with E-state index in [-0.39, 0.29) is 17.3 Å². The van der Waals surface area contributed by atoms with E-state index in [1.54, 1.807) is 13.0 Å². The lowest BCUT2D eigenvalue weighted by Crippen LogP contribution is -2.29. The van der Waals surface area contributed by atoms with Gasteiger partial charge in [0.2, 0.25) is 5.91 Å².